The van der Waals surface area contributed by atoms with Crippen LogP contribution < -0.4 is 10.6 Å². The van der Waals surface area contributed by atoms with Crippen LogP contribution in [0.2, 0.25) is 0 Å². The minimum Gasteiger partial charge on any atom is -0.379 e. The number of hydrogen-bond donors (Lipinski definition) is 2. The van der Waals surface area contributed by atoms with E-state index in [9.17, 15) is 14.0 Å². The number of hydrogen-bond acceptors (Lipinski definition) is 4. The highest BCUT2D eigenvalue weighted by atomic mass is 19.1. The first kappa shape index (κ1) is 24.9. The summed E-state index contributed by atoms with van der Waals surface area (Å²) in [5.41, 5.74) is 2.72. The summed E-state index contributed by atoms with van der Waals surface area (Å²) in [6, 6.07) is 13.9. The minimum atomic E-state index is -0.285. The molecule has 0 spiro atoms. The van der Waals surface area contributed by atoms with Crippen LogP contribution in [-0.2, 0) is 14.9 Å². The van der Waals surface area contributed by atoms with Gasteiger partial charge < -0.3 is 15.4 Å². The Balaban J connectivity index is 1.48. The molecule has 0 bridgehead atoms. The maximum Gasteiger partial charge on any atom is 0.251 e. The van der Waals surface area contributed by atoms with Crippen molar-refractivity contribution in [2.75, 3.05) is 39.4 Å². The van der Waals surface area contributed by atoms with Gasteiger partial charge >= 0.3 is 0 Å². The van der Waals surface area contributed by atoms with E-state index in [4.69, 9.17) is 4.74 Å². The third-order valence-corrected chi connectivity index (χ3v) is 5.88. The van der Waals surface area contributed by atoms with Gasteiger partial charge in [-0.1, -0.05) is 45.0 Å². The number of carbonyl (C=O) groups is 2. The number of rotatable bonds is 8. The van der Waals surface area contributed by atoms with Gasteiger partial charge in [0.1, 0.15) is 5.82 Å². The van der Waals surface area contributed by atoms with Crippen LogP contribution in [0.4, 0.5) is 4.39 Å². The zero-order valence-corrected chi connectivity index (χ0v) is 19.7. The number of halogens is 1. The topological polar surface area (TPSA) is 70.7 Å². The summed E-state index contributed by atoms with van der Waals surface area (Å²) in [7, 11) is 0. The lowest BCUT2D eigenvalue weighted by Crippen LogP contribution is -2.44. The van der Waals surface area contributed by atoms with Gasteiger partial charge in [0.05, 0.1) is 19.3 Å². The zero-order chi connectivity index (χ0) is 23.8. The minimum absolute atomic E-state index is 0.0279. The molecule has 1 heterocycles. The molecule has 2 N–H and O–H groups in total. The Morgan fingerprint density at radius 2 is 1.64 bits per heavy atom. The molecule has 2 aromatic rings. The van der Waals surface area contributed by atoms with Crippen molar-refractivity contribution in [3.63, 3.8) is 0 Å². The summed E-state index contributed by atoms with van der Waals surface area (Å²) in [4.78, 5) is 27.0. The van der Waals surface area contributed by atoms with Gasteiger partial charge in [0.15, 0.2) is 0 Å². The molecular weight excluding hydrogens is 421 g/mol. The van der Waals surface area contributed by atoms with Crippen molar-refractivity contribution in [2.45, 2.75) is 38.6 Å². The van der Waals surface area contributed by atoms with E-state index in [1.165, 1.54) is 12.1 Å². The molecule has 1 fully saturated rings. The summed E-state index contributed by atoms with van der Waals surface area (Å²) < 4.78 is 18.8. The summed E-state index contributed by atoms with van der Waals surface area (Å²) >= 11 is 0. The fourth-order valence-electron chi connectivity index (χ4n) is 3.84. The van der Waals surface area contributed by atoms with E-state index in [-0.39, 0.29) is 42.1 Å². The number of nitrogens with one attached hydrogen (secondary N) is 2. The van der Waals surface area contributed by atoms with Gasteiger partial charge in [0.2, 0.25) is 5.91 Å². The predicted molar refractivity (Wildman–Crippen MR) is 127 cm³/mol. The van der Waals surface area contributed by atoms with Crippen LogP contribution in [-0.4, -0.2) is 56.1 Å². The standard InChI is InChI=1S/C26H34FN3O3/c1-26(2,3)21-8-4-20(5-9-21)25(32)28-13-12-24(31)29-18-23(30-14-16-33-17-15-30)19-6-10-22(27)11-7-19/h4-11,23H,12-18H2,1-3H3,(H,28,32)(H,29,31). The van der Waals surface area contributed by atoms with Crippen molar-refractivity contribution >= 4 is 11.8 Å². The molecule has 1 atom stereocenters. The van der Waals surface area contributed by atoms with Crippen LogP contribution in [0, 0.1) is 5.82 Å². The maximum atomic E-state index is 13.4. The SMILES string of the molecule is CC(C)(C)c1ccc(C(=O)NCCC(=O)NCC(c2ccc(F)cc2)N2CCOCC2)cc1. The lowest BCUT2D eigenvalue weighted by atomic mass is 9.87. The van der Waals surface area contributed by atoms with E-state index in [1.54, 1.807) is 12.1 Å². The van der Waals surface area contributed by atoms with Gasteiger partial charge in [-0.15, -0.1) is 0 Å². The second-order valence-corrected chi connectivity index (χ2v) is 9.35. The maximum absolute atomic E-state index is 13.4. The molecule has 1 aliphatic rings. The Morgan fingerprint density at radius 3 is 2.24 bits per heavy atom. The third kappa shape index (κ3) is 7.37. The van der Waals surface area contributed by atoms with Crippen LogP contribution in [0.3, 0.4) is 0 Å². The first-order valence-corrected chi connectivity index (χ1v) is 11.5. The van der Waals surface area contributed by atoms with Crippen molar-refractivity contribution in [2.24, 2.45) is 0 Å². The molecule has 0 radical (unpaired) electrons. The Labute approximate surface area is 195 Å². The monoisotopic (exact) mass is 455 g/mol. The smallest absolute Gasteiger partial charge is 0.251 e. The molecule has 0 aromatic heterocycles. The Kier molecular flexibility index (Phi) is 8.58. The molecule has 33 heavy (non-hydrogen) atoms. The highest BCUT2D eigenvalue weighted by Gasteiger charge is 2.23. The fourth-order valence-corrected chi connectivity index (χ4v) is 3.84. The van der Waals surface area contributed by atoms with Crippen LogP contribution in [0.5, 0.6) is 0 Å². The molecule has 1 unspecified atom stereocenters. The molecule has 2 amide bonds. The van der Waals surface area contributed by atoms with Crippen LogP contribution in [0.15, 0.2) is 48.5 Å². The van der Waals surface area contributed by atoms with E-state index in [2.05, 4.69) is 36.3 Å². The van der Waals surface area contributed by atoms with Gasteiger partial charge in [0, 0.05) is 38.2 Å². The molecule has 2 aromatic carbocycles. The summed E-state index contributed by atoms with van der Waals surface area (Å²) in [6.45, 7) is 9.81. The van der Waals surface area contributed by atoms with Crippen molar-refractivity contribution in [3.8, 4) is 0 Å². The van der Waals surface area contributed by atoms with Crippen molar-refractivity contribution in [3.05, 3.63) is 71.0 Å². The molecule has 0 saturated carbocycles. The van der Waals surface area contributed by atoms with Gasteiger partial charge in [0.25, 0.3) is 5.91 Å². The zero-order valence-electron chi connectivity index (χ0n) is 19.7. The number of amides is 2. The predicted octanol–water partition coefficient (Wildman–Crippen LogP) is 3.43. The molecule has 1 aliphatic heterocycles. The number of ether oxygens (including phenoxy) is 1. The number of benzene rings is 2. The van der Waals surface area contributed by atoms with Crippen LogP contribution in [0.1, 0.15) is 54.7 Å². The van der Waals surface area contributed by atoms with Crippen LogP contribution in [0.25, 0.3) is 0 Å². The number of carbonyl (C=O) groups excluding carboxylic acids is 2. The molecule has 6 nitrogen and oxygen atoms in total. The fraction of sp³-hybridized carbons (Fsp3) is 0.462. The Bertz CT molecular complexity index is 917. The molecule has 3 rings (SSSR count). The summed E-state index contributed by atoms with van der Waals surface area (Å²) in [5.74, 6) is -0.619. The van der Waals surface area contributed by atoms with E-state index in [0.717, 1.165) is 24.2 Å². The molecule has 178 valence electrons. The number of nitrogens with zero attached hydrogens (tertiary/aromatic N) is 1. The quantitative estimate of drug-likeness (QED) is 0.640. The highest BCUT2D eigenvalue weighted by Crippen LogP contribution is 2.23. The second kappa shape index (κ2) is 11.4. The summed E-state index contributed by atoms with van der Waals surface area (Å²) in [6.07, 6.45) is 0.186. The van der Waals surface area contributed by atoms with Crippen molar-refractivity contribution in [1.29, 1.82) is 0 Å². The van der Waals surface area contributed by atoms with E-state index in [1.807, 2.05) is 24.3 Å². The van der Waals surface area contributed by atoms with Gasteiger partial charge in [-0.05, 0) is 40.8 Å². The lowest BCUT2D eigenvalue weighted by Gasteiger charge is -2.35. The Hall–Kier alpha value is -2.77. The largest absolute Gasteiger partial charge is 0.379 e. The first-order valence-electron chi connectivity index (χ1n) is 11.5. The normalized spacial score (nSPS) is 15.6. The van der Waals surface area contributed by atoms with Crippen LogP contribution >= 0.6 is 0 Å². The van der Waals surface area contributed by atoms with Gasteiger partial charge in [-0.3, -0.25) is 14.5 Å². The van der Waals surface area contributed by atoms with Crippen molar-refractivity contribution in [1.82, 2.24) is 15.5 Å². The molecule has 7 heteroatoms. The molecular formula is C26H34FN3O3. The third-order valence-electron chi connectivity index (χ3n) is 5.88. The molecule has 0 aliphatic carbocycles. The van der Waals surface area contributed by atoms with E-state index in [0.29, 0.717) is 25.3 Å². The van der Waals surface area contributed by atoms with Gasteiger partial charge in [-0.25, -0.2) is 4.39 Å². The second-order valence-electron chi connectivity index (χ2n) is 9.35. The first-order chi connectivity index (χ1) is 15.7. The van der Waals surface area contributed by atoms with E-state index < -0.39 is 0 Å². The Morgan fingerprint density at radius 1 is 1.00 bits per heavy atom. The highest BCUT2D eigenvalue weighted by molar-refractivity contribution is 5.94. The lowest BCUT2D eigenvalue weighted by molar-refractivity contribution is -0.121. The molecule has 1 saturated heterocycles. The van der Waals surface area contributed by atoms with E-state index >= 15 is 0 Å². The number of morpholine rings is 1. The average Bonchev–Trinajstić information content (AvgIpc) is 2.80. The van der Waals surface area contributed by atoms with Crippen molar-refractivity contribution < 1.29 is 18.7 Å². The average molecular weight is 456 g/mol. The summed E-state index contributed by atoms with van der Waals surface area (Å²) in [5, 5.41) is 5.77. The van der Waals surface area contributed by atoms with Gasteiger partial charge in [-0.2, -0.15) is 0 Å².